The lowest BCUT2D eigenvalue weighted by Crippen LogP contribution is -2.41. The van der Waals surface area contributed by atoms with Crippen LogP contribution in [0.25, 0.3) is 11.3 Å². The van der Waals surface area contributed by atoms with E-state index in [4.69, 9.17) is 5.73 Å². The standard InChI is InChI=1S/C24H24F4N6O2/c1-14(15-2-4-17(25)5-3-15)31-22(35)33-8-6-23(13-33)7-9-34-20(23)11-18(32-34)16-10-19(21(29)30-12-16)36-24(26,27)28/h2-5,10-12,14H,6-9,13H2,1H3,(H2,29,30)(H,31,35). The number of carbonyl (C=O) groups is 1. The Morgan fingerprint density at radius 1 is 1.19 bits per heavy atom. The molecule has 5 rings (SSSR count). The molecule has 2 aliphatic rings. The molecule has 2 aliphatic heterocycles. The third kappa shape index (κ3) is 4.54. The SMILES string of the molecule is CC(NC(=O)N1CCC2(CCn3nc(-c4cnc(N)c(OC(F)(F)F)c4)cc32)C1)c1ccc(F)cc1. The topological polar surface area (TPSA) is 98.3 Å². The lowest BCUT2D eigenvalue weighted by atomic mass is 9.82. The highest BCUT2D eigenvalue weighted by atomic mass is 19.4. The number of alkyl halides is 3. The van der Waals surface area contributed by atoms with Crippen molar-refractivity contribution in [1.29, 1.82) is 0 Å². The number of carbonyl (C=O) groups excluding carboxylic acids is 1. The number of rotatable bonds is 4. The van der Waals surface area contributed by atoms with Gasteiger partial charge < -0.3 is 20.7 Å². The van der Waals surface area contributed by atoms with Gasteiger partial charge in [0.1, 0.15) is 5.82 Å². The second-order valence-electron chi connectivity index (χ2n) is 9.22. The van der Waals surface area contributed by atoms with E-state index in [1.54, 1.807) is 17.0 Å². The van der Waals surface area contributed by atoms with Crippen molar-refractivity contribution in [3.8, 4) is 17.0 Å². The first-order valence-electron chi connectivity index (χ1n) is 11.4. The molecular formula is C24H24F4N6O2. The minimum atomic E-state index is -4.89. The number of urea groups is 1. The van der Waals surface area contributed by atoms with Gasteiger partial charge in [-0.05, 0) is 49.6 Å². The van der Waals surface area contributed by atoms with Crippen LogP contribution in [0.2, 0.25) is 0 Å². The van der Waals surface area contributed by atoms with Crippen LogP contribution in [-0.4, -0.2) is 45.1 Å². The van der Waals surface area contributed by atoms with Gasteiger partial charge in [0.25, 0.3) is 0 Å². The summed E-state index contributed by atoms with van der Waals surface area (Å²) in [6.07, 6.45) is -2.00. The number of benzene rings is 1. The number of aromatic nitrogens is 3. The molecule has 0 aliphatic carbocycles. The summed E-state index contributed by atoms with van der Waals surface area (Å²) in [6.45, 7) is 3.51. The number of nitrogens with zero attached hydrogens (tertiary/aromatic N) is 4. The second kappa shape index (κ2) is 8.68. The van der Waals surface area contributed by atoms with E-state index >= 15 is 0 Å². The molecule has 12 heteroatoms. The fourth-order valence-electron chi connectivity index (χ4n) is 4.98. The largest absolute Gasteiger partial charge is 0.573 e. The maximum Gasteiger partial charge on any atom is 0.573 e. The average Bonchev–Trinajstić information content (AvgIpc) is 3.52. The average molecular weight is 504 g/mol. The Morgan fingerprint density at radius 3 is 2.64 bits per heavy atom. The lowest BCUT2D eigenvalue weighted by molar-refractivity contribution is -0.274. The number of amides is 2. The summed E-state index contributed by atoms with van der Waals surface area (Å²) in [4.78, 5) is 18.5. The Morgan fingerprint density at radius 2 is 1.92 bits per heavy atom. The van der Waals surface area contributed by atoms with E-state index in [2.05, 4.69) is 20.1 Å². The normalized spacial score (nSPS) is 20.0. The summed E-state index contributed by atoms with van der Waals surface area (Å²) in [6, 6.07) is 8.50. The number of ether oxygens (including phenoxy) is 1. The second-order valence-corrected chi connectivity index (χ2v) is 9.22. The van der Waals surface area contributed by atoms with Crippen molar-refractivity contribution in [3.05, 3.63) is 59.7 Å². The fourth-order valence-corrected chi connectivity index (χ4v) is 4.98. The van der Waals surface area contributed by atoms with E-state index in [0.29, 0.717) is 30.9 Å². The molecule has 1 spiro atoms. The predicted octanol–water partition coefficient (Wildman–Crippen LogP) is 4.38. The molecular weight excluding hydrogens is 480 g/mol. The Balaban J connectivity index is 1.31. The number of hydrogen-bond acceptors (Lipinski definition) is 5. The van der Waals surface area contributed by atoms with E-state index in [1.165, 1.54) is 24.4 Å². The van der Waals surface area contributed by atoms with Crippen molar-refractivity contribution in [3.63, 3.8) is 0 Å². The molecule has 2 aromatic heterocycles. The molecule has 2 atom stereocenters. The molecule has 0 saturated carbocycles. The zero-order valence-corrected chi connectivity index (χ0v) is 19.3. The van der Waals surface area contributed by atoms with Crippen molar-refractivity contribution < 1.29 is 27.1 Å². The number of halogens is 4. The summed E-state index contributed by atoms with van der Waals surface area (Å²) in [5.41, 5.74) is 7.77. The number of anilines is 1. The van der Waals surface area contributed by atoms with Crippen molar-refractivity contribution in [1.82, 2.24) is 25.0 Å². The van der Waals surface area contributed by atoms with Crippen LogP contribution in [0.1, 0.15) is 37.1 Å². The highest BCUT2D eigenvalue weighted by Gasteiger charge is 2.47. The molecule has 4 heterocycles. The molecule has 2 unspecified atom stereocenters. The minimum Gasteiger partial charge on any atom is -0.402 e. The molecule has 3 N–H and O–H groups in total. The maximum absolute atomic E-state index is 13.2. The van der Waals surface area contributed by atoms with Crippen LogP contribution < -0.4 is 15.8 Å². The molecule has 1 saturated heterocycles. The Kier molecular flexibility index (Phi) is 5.76. The molecule has 1 fully saturated rings. The predicted molar refractivity (Wildman–Crippen MR) is 122 cm³/mol. The summed E-state index contributed by atoms with van der Waals surface area (Å²) >= 11 is 0. The highest BCUT2D eigenvalue weighted by Crippen LogP contribution is 2.44. The first-order chi connectivity index (χ1) is 17.0. The van der Waals surface area contributed by atoms with E-state index in [-0.39, 0.29) is 29.1 Å². The van der Waals surface area contributed by atoms with Gasteiger partial charge in [0, 0.05) is 42.5 Å². The van der Waals surface area contributed by atoms with Gasteiger partial charge in [-0.1, -0.05) is 12.1 Å². The molecule has 36 heavy (non-hydrogen) atoms. The van der Waals surface area contributed by atoms with Crippen LogP contribution in [0.5, 0.6) is 5.75 Å². The van der Waals surface area contributed by atoms with E-state index in [0.717, 1.165) is 24.1 Å². The Bertz CT molecular complexity index is 1290. The van der Waals surface area contributed by atoms with Crippen molar-refractivity contribution in [2.45, 2.75) is 44.1 Å². The first kappa shape index (κ1) is 23.9. The molecule has 1 aromatic carbocycles. The molecule has 2 amide bonds. The summed E-state index contributed by atoms with van der Waals surface area (Å²) in [5, 5.41) is 7.53. The van der Waals surface area contributed by atoms with Gasteiger partial charge in [-0.15, -0.1) is 13.2 Å². The van der Waals surface area contributed by atoms with E-state index in [1.807, 2.05) is 17.7 Å². The first-order valence-corrected chi connectivity index (χ1v) is 11.4. The smallest absolute Gasteiger partial charge is 0.402 e. The van der Waals surface area contributed by atoms with Gasteiger partial charge in [0.05, 0.1) is 11.7 Å². The van der Waals surface area contributed by atoms with Crippen LogP contribution in [0, 0.1) is 5.82 Å². The van der Waals surface area contributed by atoms with Crippen LogP contribution in [0.15, 0.2) is 42.6 Å². The number of nitrogens with two attached hydrogens (primary N) is 1. The minimum absolute atomic E-state index is 0.210. The number of hydrogen-bond donors (Lipinski definition) is 2. The van der Waals surface area contributed by atoms with Crippen LogP contribution >= 0.6 is 0 Å². The molecule has 0 radical (unpaired) electrons. The number of aryl methyl sites for hydroxylation is 1. The zero-order chi connectivity index (χ0) is 25.7. The molecule has 8 nitrogen and oxygen atoms in total. The van der Waals surface area contributed by atoms with Gasteiger partial charge in [-0.2, -0.15) is 5.10 Å². The Hall–Kier alpha value is -3.83. The third-order valence-electron chi connectivity index (χ3n) is 6.88. The van der Waals surface area contributed by atoms with Gasteiger partial charge in [0.15, 0.2) is 11.6 Å². The van der Waals surface area contributed by atoms with Crippen molar-refractivity contribution in [2.75, 3.05) is 18.8 Å². The summed E-state index contributed by atoms with van der Waals surface area (Å²) < 4.78 is 57.1. The Labute approximate surface area is 204 Å². The van der Waals surface area contributed by atoms with Crippen LogP contribution in [0.3, 0.4) is 0 Å². The van der Waals surface area contributed by atoms with Crippen LogP contribution in [-0.2, 0) is 12.0 Å². The number of nitrogen functional groups attached to an aromatic ring is 1. The molecule has 190 valence electrons. The number of likely N-dealkylation sites (tertiary alicyclic amines) is 1. The molecule has 3 aromatic rings. The zero-order valence-electron chi connectivity index (χ0n) is 19.3. The quantitative estimate of drug-likeness (QED) is 0.514. The van der Waals surface area contributed by atoms with Crippen molar-refractivity contribution in [2.24, 2.45) is 0 Å². The number of nitrogens with one attached hydrogen (secondary N) is 1. The van der Waals surface area contributed by atoms with E-state index in [9.17, 15) is 22.4 Å². The summed E-state index contributed by atoms with van der Waals surface area (Å²) in [5.74, 6) is -1.29. The highest BCUT2D eigenvalue weighted by molar-refractivity contribution is 5.75. The third-order valence-corrected chi connectivity index (χ3v) is 6.88. The van der Waals surface area contributed by atoms with Crippen LogP contribution in [0.4, 0.5) is 28.2 Å². The van der Waals surface area contributed by atoms with Gasteiger partial charge in [-0.3, -0.25) is 4.68 Å². The van der Waals surface area contributed by atoms with Crippen molar-refractivity contribution >= 4 is 11.8 Å². The summed E-state index contributed by atoms with van der Waals surface area (Å²) in [7, 11) is 0. The lowest BCUT2D eigenvalue weighted by Gasteiger charge is -2.25. The van der Waals surface area contributed by atoms with Gasteiger partial charge in [0.2, 0.25) is 0 Å². The van der Waals surface area contributed by atoms with Gasteiger partial charge >= 0.3 is 12.4 Å². The number of fused-ring (bicyclic) bond motifs is 2. The maximum atomic E-state index is 13.2. The monoisotopic (exact) mass is 504 g/mol. The number of pyridine rings is 1. The molecule has 0 bridgehead atoms. The van der Waals surface area contributed by atoms with Gasteiger partial charge in [-0.25, -0.2) is 14.2 Å². The van der Waals surface area contributed by atoms with E-state index < -0.39 is 12.1 Å². The fraction of sp³-hybridized carbons (Fsp3) is 0.375.